The molecule has 0 unspecified atom stereocenters. The van der Waals surface area contributed by atoms with Crippen molar-refractivity contribution in [2.75, 3.05) is 74.6 Å². The maximum Gasteiger partial charge on any atom is 0.323 e. The molecule has 0 aromatic carbocycles. The summed E-state index contributed by atoms with van der Waals surface area (Å²) < 4.78 is 26.2. The molecule has 1 spiro atoms. The van der Waals surface area contributed by atoms with Crippen LogP contribution in [0.5, 0.6) is 6.01 Å². The summed E-state index contributed by atoms with van der Waals surface area (Å²) in [5, 5.41) is 10.4. The van der Waals surface area contributed by atoms with Gasteiger partial charge in [0.05, 0.1) is 17.7 Å². The predicted molar refractivity (Wildman–Crippen MR) is 142 cm³/mol. The van der Waals surface area contributed by atoms with Crippen LogP contribution in [0.2, 0.25) is 0 Å². The van der Waals surface area contributed by atoms with Gasteiger partial charge in [-0.15, -0.1) is 11.3 Å². The van der Waals surface area contributed by atoms with Crippen LogP contribution < -0.4 is 20.3 Å². The number of rotatable bonds is 5. The highest BCUT2D eigenvalue weighted by atomic mass is 32.1. The molecule has 10 nitrogen and oxygen atoms in total. The van der Waals surface area contributed by atoms with Gasteiger partial charge in [-0.05, 0) is 44.2 Å². The van der Waals surface area contributed by atoms with E-state index in [1.54, 1.807) is 11.3 Å². The normalized spacial score (nSPS) is 28.2. The lowest BCUT2D eigenvalue weighted by Gasteiger charge is -2.48. The fourth-order valence-corrected chi connectivity index (χ4v) is 8.38. The number of aromatic nitrogens is 3. The number of thiophene rings is 1. The van der Waals surface area contributed by atoms with Gasteiger partial charge in [0.1, 0.15) is 23.8 Å². The molecule has 0 radical (unpaired) electrons. The smallest absolute Gasteiger partial charge is 0.323 e. The van der Waals surface area contributed by atoms with Crippen molar-refractivity contribution in [2.45, 2.75) is 55.7 Å². The van der Waals surface area contributed by atoms with Gasteiger partial charge in [0.2, 0.25) is 11.9 Å². The lowest BCUT2D eigenvalue weighted by atomic mass is 9.74. The number of hydrogen-bond acceptors (Lipinski definition) is 11. The molecular weight excluding hydrogens is 507 g/mol. The number of nitrogens with zero attached hydrogens (tertiary/aromatic N) is 7. The Morgan fingerprint density at radius 2 is 1.95 bits per heavy atom. The molecule has 2 aromatic heterocycles. The summed E-state index contributed by atoms with van der Waals surface area (Å²) in [6.07, 6.45) is 4.56. The Kier molecular flexibility index (Phi) is 5.87. The minimum Gasteiger partial charge on any atom is -0.461 e. The van der Waals surface area contributed by atoms with Crippen LogP contribution in [0.25, 0.3) is 0 Å². The molecule has 2 atom stereocenters. The topological polar surface area (TPSA) is 117 Å². The first-order valence-corrected chi connectivity index (χ1v) is 14.5. The molecular formula is C26H33FN8O2S. The molecule has 2 N–H and O–H groups in total. The van der Waals surface area contributed by atoms with Crippen LogP contribution in [-0.2, 0) is 16.6 Å². The Labute approximate surface area is 225 Å². The molecule has 0 saturated carbocycles. The zero-order valence-electron chi connectivity index (χ0n) is 21.5. The number of aryl methyl sites for hydroxylation is 1. The first kappa shape index (κ1) is 24.3. The predicted octanol–water partition coefficient (Wildman–Crippen LogP) is 2.27. The minimum atomic E-state index is -0.807. The largest absolute Gasteiger partial charge is 0.461 e. The number of hydrogen-bond donors (Lipinski definition) is 1. The average molecular weight is 541 g/mol. The van der Waals surface area contributed by atoms with E-state index in [0.29, 0.717) is 61.2 Å². The van der Waals surface area contributed by atoms with Crippen LogP contribution in [0.4, 0.5) is 21.3 Å². The summed E-state index contributed by atoms with van der Waals surface area (Å²) in [6.45, 7) is 6.11. The second kappa shape index (κ2) is 9.17. The summed E-state index contributed by atoms with van der Waals surface area (Å²) in [5.74, 6) is 1.18. The van der Waals surface area contributed by atoms with Crippen molar-refractivity contribution in [3.63, 3.8) is 0 Å². The Balaban J connectivity index is 1.16. The minimum absolute atomic E-state index is 0.0813. The summed E-state index contributed by atoms with van der Waals surface area (Å²) in [5.41, 5.74) is 7.60. The number of nitrogen functional groups attached to an aromatic ring is 1. The van der Waals surface area contributed by atoms with Crippen molar-refractivity contribution < 1.29 is 13.9 Å². The van der Waals surface area contributed by atoms with Crippen molar-refractivity contribution in [1.82, 2.24) is 19.9 Å². The Bertz CT molecular complexity index is 1270. The number of anilines is 3. The SMILES string of the molecule is N#Cc1c(N)sc2c1C1(CC2)CN(c2nc(OC[C@@]34CCCN3C[C@H](F)C4)nc(N3CCCOCC3)n2)C1. The van der Waals surface area contributed by atoms with Gasteiger partial charge >= 0.3 is 6.01 Å². The number of fused-ring (bicyclic) bond motifs is 3. The van der Waals surface area contributed by atoms with E-state index >= 15 is 0 Å². The molecule has 4 saturated heterocycles. The number of halogens is 1. The van der Waals surface area contributed by atoms with Crippen molar-refractivity contribution in [2.24, 2.45) is 0 Å². The summed E-state index contributed by atoms with van der Waals surface area (Å²) in [4.78, 5) is 22.1. The summed E-state index contributed by atoms with van der Waals surface area (Å²) in [6, 6.07) is 2.64. The van der Waals surface area contributed by atoms with E-state index in [-0.39, 0.29) is 11.0 Å². The van der Waals surface area contributed by atoms with Gasteiger partial charge in [-0.2, -0.15) is 20.2 Å². The third-order valence-electron chi connectivity index (χ3n) is 9.08. The first-order valence-electron chi connectivity index (χ1n) is 13.7. The molecule has 6 heterocycles. The molecule has 12 heteroatoms. The molecule has 38 heavy (non-hydrogen) atoms. The highest BCUT2D eigenvalue weighted by Crippen LogP contribution is 2.52. The zero-order valence-corrected chi connectivity index (χ0v) is 22.3. The van der Waals surface area contributed by atoms with Crippen molar-refractivity contribution >= 4 is 28.2 Å². The van der Waals surface area contributed by atoms with Crippen LogP contribution in [-0.4, -0.2) is 90.7 Å². The third kappa shape index (κ3) is 3.89. The highest BCUT2D eigenvalue weighted by molar-refractivity contribution is 7.16. The molecule has 2 aromatic rings. The van der Waals surface area contributed by atoms with Crippen LogP contribution in [0.3, 0.4) is 0 Å². The second-order valence-corrected chi connectivity index (χ2v) is 12.6. The summed E-state index contributed by atoms with van der Waals surface area (Å²) in [7, 11) is 0. The second-order valence-electron chi connectivity index (χ2n) is 11.4. The van der Waals surface area contributed by atoms with E-state index in [9.17, 15) is 9.65 Å². The molecule has 0 amide bonds. The molecule has 0 bridgehead atoms. The quantitative estimate of drug-likeness (QED) is 0.605. The Hall–Kier alpha value is -2.75. The molecule has 4 fully saturated rings. The number of nitrogens with two attached hydrogens (primary N) is 1. The van der Waals surface area contributed by atoms with Crippen molar-refractivity contribution in [3.05, 3.63) is 16.0 Å². The molecule has 7 rings (SSSR count). The van der Waals surface area contributed by atoms with Gasteiger partial charge in [-0.25, -0.2) is 4.39 Å². The van der Waals surface area contributed by atoms with Gasteiger partial charge in [-0.3, -0.25) is 4.90 Å². The van der Waals surface area contributed by atoms with E-state index in [1.807, 2.05) is 0 Å². The van der Waals surface area contributed by atoms with Crippen LogP contribution in [0.15, 0.2) is 0 Å². The van der Waals surface area contributed by atoms with Crippen molar-refractivity contribution in [3.8, 4) is 12.1 Å². The lowest BCUT2D eigenvalue weighted by Crippen LogP contribution is -2.59. The standard InChI is InChI=1S/C26H33FN8O2S/c27-17-11-26(4-1-7-35(26)13-17)16-37-24-31-22(33-6-2-9-36-10-8-33)30-23(32-24)34-14-25(15-34)5-3-19-20(25)18(12-28)21(29)38-19/h17H,1-11,13-16,29H2/t17-,26+/m1/s1. The Morgan fingerprint density at radius 1 is 1.11 bits per heavy atom. The van der Waals surface area contributed by atoms with Crippen LogP contribution in [0, 0.1) is 11.3 Å². The van der Waals surface area contributed by atoms with Crippen molar-refractivity contribution in [1.29, 1.82) is 5.26 Å². The van der Waals surface area contributed by atoms with E-state index < -0.39 is 6.17 Å². The number of ether oxygens (including phenoxy) is 2. The third-order valence-corrected chi connectivity index (χ3v) is 10.2. The van der Waals surface area contributed by atoms with Gasteiger partial charge < -0.3 is 25.0 Å². The maximum atomic E-state index is 14.3. The van der Waals surface area contributed by atoms with E-state index in [4.69, 9.17) is 30.2 Å². The Morgan fingerprint density at radius 3 is 2.79 bits per heavy atom. The fraction of sp³-hybridized carbons (Fsp3) is 0.692. The average Bonchev–Trinajstić information content (AvgIpc) is 3.53. The monoisotopic (exact) mass is 540 g/mol. The number of nitriles is 1. The van der Waals surface area contributed by atoms with Gasteiger partial charge in [0.15, 0.2) is 0 Å². The van der Waals surface area contributed by atoms with Gasteiger partial charge in [0, 0.05) is 56.0 Å². The first-order chi connectivity index (χ1) is 18.5. The van der Waals surface area contributed by atoms with Gasteiger partial charge in [0.25, 0.3) is 0 Å². The molecule has 4 aliphatic heterocycles. The van der Waals surface area contributed by atoms with E-state index in [2.05, 4.69) is 20.8 Å². The maximum absolute atomic E-state index is 14.3. The zero-order chi connectivity index (χ0) is 25.9. The lowest BCUT2D eigenvalue weighted by molar-refractivity contribution is 0.107. The molecule has 202 valence electrons. The molecule has 1 aliphatic carbocycles. The van der Waals surface area contributed by atoms with Crippen LogP contribution in [0.1, 0.15) is 48.1 Å². The van der Waals surface area contributed by atoms with E-state index in [1.165, 1.54) is 4.88 Å². The number of alkyl halides is 1. The summed E-state index contributed by atoms with van der Waals surface area (Å²) >= 11 is 1.55. The van der Waals surface area contributed by atoms with E-state index in [0.717, 1.165) is 70.5 Å². The fourth-order valence-electron chi connectivity index (χ4n) is 7.24. The molecule has 5 aliphatic rings. The van der Waals surface area contributed by atoms with Gasteiger partial charge in [-0.1, -0.05) is 0 Å². The van der Waals surface area contributed by atoms with Crippen LogP contribution >= 0.6 is 11.3 Å². The highest BCUT2D eigenvalue weighted by Gasteiger charge is 2.52.